The van der Waals surface area contributed by atoms with Gasteiger partial charge < -0.3 is 9.47 Å². The molecule has 1 atom stereocenters. The van der Waals surface area contributed by atoms with Gasteiger partial charge in [-0.2, -0.15) is 5.26 Å². The fourth-order valence-electron chi connectivity index (χ4n) is 0.760. The van der Waals surface area contributed by atoms with Gasteiger partial charge in [-0.3, -0.25) is 9.59 Å². The Kier molecular flexibility index (Phi) is 6.41. The number of nitriles is 1. The molecular weight excluding hydrogens is 198 g/mol. The Balaban J connectivity index is 3.87. The van der Waals surface area contributed by atoms with E-state index < -0.39 is 17.9 Å². The van der Waals surface area contributed by atoms with Crippen molar-refractivity contribution < 1.29 is 19.1 Å². The van der Waals surface area contributed by atoms with Gasteiger partial charge >= 0.3 is 11.9 Å². The van der Waals surface area contributed by atoms with Crippen molar-refractivity contribution in [2.24, 2.45) is 5.92 Å². The first-order chi connectivity index (χ1) is 7.11. The molecular formula is C10H11NO4. The lowest BCUT2D eigenvalue weighted by atomic mass is 10.1. The van der Waals surface area contributed by atoms with Crippen molar-refractivity contribution in [2.75, 3.05) is 13.2 Å². The van der Waals surface area contributed by atoms with Gasteiger partial charge in [0, 0.05) is 0 Å². The van der Waals surface area contributed by atoms with Crippen molar-refractivity contribution >= 4 is 11.9 Å². The van der Waals surface area contributed by atoms with E-state index in [1.54, 1.807) is 6.07 Å². The van der Waals surface area contributed by atoms with Gasteiger partial charge in [0.2, 0.25) is 0 Å². The smallest absolute Gasteiger partial charge is 0.310 e. The number of carbonyl (C=O) groups excluding carboxylic acids is 2. The molecule has 5 nitrogen and oxygen atoms in total. The van der Waals surface area contributed by atoms with Crippen molar-refractivity contribution in [2.45, 2.75) is 13.3 Å². The van der Waals surface area contributed by atoms with Gasteiger partial charge in [-0.15, -0.1) is 6.42 Å². The van der Waals surface area contributed by atoms with E-state index in [0.29, 0.717) is 0 Å². The summed E-state index contributed by atoms with van der Waals surface area (Å²) in [6.07, 6.45) is 4.77. The Bertz CT molecular complexity index is 310. The number of rotatable bonds is 5. The van der Waals surface area contributed by atoms with Crippen LogP contribution < -0.4 is 0 Å². The Morgan fingerprint density at radius 3 is 2.60 bits per heavy atom. The summed E-state index contributed by atoms with van der Waals surface area (Å²) in [7, 11) is 0. The molecule has 0 aromatic carbocycles. The Morgan fingerprint density at radius 1 is 1.40 bits per heavy atom. The van der Waals surface area contributed by atoms with E-state index in [2.05, 4.69) is 15.4 Å². The average molecular weight is 209 g/mol. The zero-order valence-corrected chi connectivity index (χ0v) is 8.36. The molecule has 80 valence electrons. The van der Waals surface area contributed by atoms with Crippen molar-refractivity contribution in [1.29, 1.82) is 5.26 Å². The summed E-state index contributed by atoms with van der Waals surface area (Å²) in [5, 5.41) is 8.15. The van der Waals surface area contributed by atoms with E-state index >= 15 is 0 Å². The highest BCUT2D eigenvalue weighted by Gasteiger charge is 2.18. The highest BCUT2D eigenvalue weighted by atomic mass is 16.5. The monoisotopic (exact) mass is 209 g/mol. The van der Waals surface area contributed by atoms with E-state index in [1.165, 1.54) is 6.92 Å². The summed E-state index contributed by atoms with van der Waals surface area (Å²) in [5.74, 6) is 0.334. The van der Waals surface area contributed by atoms with Gasteiger partial charge in [0.05, 0.1) is 12.3 Å². The van der Waals surface area contributed by atoms with Gasteiger partial charge in [0.1, 0.15) is 6.07 Å². The molecule has 0 amide bonds. The molecule has 0 aliphatic heterocycles. The van der Waals surface area contributed by atoms with Crippen molar-refractivity contribution in [3.63, 3.8) is 0 Å². The maximum absolute atomic E-state index is 11.1. The normalized spacial score (nSPS) is 10.6. The van der Waals surface area contributed by atoms with Gasteiger partial charge in [0.25, 0.3) is 0 Å². The number of ether oxygens (including phenoxy) is 2. The van der Waals surface area contributed by atoms with Crippen LogP contribution in [-0.2, 0) is 19.1 Å². The summed E-state index contributed by atoms with van der Waals surface area (Å²) < 4.78 is 9.08. The van der Waals surface area contributed by atoms with Crippen LogP contribution in [0.25, 0.3) is 0 Å². The molecule has 0 spiro atoms. The topological polar surface area (TPSA) is 76.4 Å². The molecule has 0 N–H and O–H groups in total. The zero-order valence-electron chi connectivity index (χ0n) is 8.36. The third-order valence-electron chi connectivity index (χ3n) is 1.47. The predicted octanol–water partition coefficient (Wildman–Crippen LogP) is 0.256. The number of esters is 2. The molecule has 0 rings (SSSR count). The van der Waals surface area contributed by atoms with Crippen LogP contribution in [0.4, 0.5) is 0 Å². The number of hydrogen-bond acceptors (Lipinski definition) is 5. The van der Waals surface area contributed by atoms with Crippen LogP contribution in [0.3, 0.4) is 0 Å². The summed E-state index contributed by atoms with van der Waals surface area (Å²) in [6.45, 7) is 1.08. The lowest BCUT2D eigenvalue weighted by Gasteiger charge is -2.08. The quantitative estimate of drug-likeness (QED) is 0.479. The minimum absolute atomic E-state index is 0.105. The third-order valence-corrected chi connectivity index (χ3v) is 1.47. The van der Waals surface area contributed by atoms with Crippen molar-refractivity contribution in [1.82, 2.24) is 0 Å². The summed E-state index contributed by atoms with van der Waals surface area (Å²) in [5.41, 5.74) is 0. The first-order valence-electron chi connectivity index (χ1n) is 4.24. The second-order valence-corrected chi connectivity index (χ2v) is 2.74. The third kappa shape index (κ3) is 6.11. The van der Waals surface area contributed by atoms with E-state index in [-0.39, 0.29) is 19.6 Å². The van der Waals surface area contributed by atoms with Crippen LogP contribution in [0.1, 0.15) is 13.3 Å². The molecule has 0 aromatic heterocycles. The molecule has 0 aliphatic rings. The van der Waals surface area contributed by atoms with E-state index in [9.17, 15) is 9.59 Å². The van der Waals surface area contributed by atoms with Gasteiger partial charge in [0.15, 0.2) is 13.2 Å². The summed E-state index contributed by atoms with van der Waals surface area (Å²) >= 11 is 0. The molecule has 0 aromatic rings. The van der Waals surface area contributed by atoms with Crippen LogP contribution in [-0.4, -0.2) is 25.2 Å². The van der Waals surface area contributed by atoms with Crippen LogP contribution in [0.5, 0.6) is 0 Å². The number of terminal acetylenes is 1. The predicted molar refractivity (Wildman–Crippen MR) is 50.1 cm³/mol. The maximum Gasteiger partial charge on any atom is 0.310 e. The first kappa shape index (κ1) is 13.0. The number of nitrogens with zero attached hydrogens (tertiary/aromatic N) is 1. The van der Waals surface area contributed by atoms with Crippen molar-refractivity contribution in [3.05, 3.63) is 0 Å². The Hall–Kier alpha value is -2.01. The minimum atomic E-state index is -0.636. The molecule has 0 heterocycles. The molecule has 0 bridgehead atoms. The lowest BCUT2D eigenvalue weighted by Crippen LogP contribution is -2.19. The number of hydrogen-bond donors (Lipinski definition) is 0. The summed E-state index contributed by atoms with van der Waals surface area (Å²) in [4.78, 5) is 22.1. The van der Waals surface area contributed by atoms with Crippen LogP contribution in [0.15, 0.2) is 0 Å². The van der Waals surface area contributed by atoms with Gasteiger partial charge in [-0.05, 0) is 0 Å². The second kappa shape index (κ2) is 7.40. The van der Waals surface area contributed by atoms with Crippen molar-refractivity contribution in [3.8, 4) is 18.4 Å². The highest BCUT2D eigenvalue weighted by molar-refractivity contribution is 5.79. The molecule has 0 saturated heterocycles. The maximum atomic E-state index is 11.1. The largest absolute Gasteiger partial charge is 0.452 e. The van der Waals surface area contributed by atoms with E-state index in [4.69, 9.17) is 11.7 Å². The average Bonchev–Trinajstić information content (AvgIpc) is 2.22. The molecule has 5 heteroatoms. The standard InChI is InChI=1S/C10H11NO4/c1-3-5-14-9(12)7-8(2)10(13)15-6-4-11/h1,8H,5-7H2,2H3. The molecule has 0 radical (unpaired) electrons. The fraction of sp³-hybridized carbons (Fsp3) is 0.500. The molecule has 0 aliphatic carbocycles. The summed E-state index contributed by atoms with van der Waals surface area (Å²) in [6, 6.07) is 1.66. The van der Waals surface area contributed by atoms with Crippen LogP contribution >= 0.6 is 0 Å². The number of carbonyl (C=O) groups is 2. The van der Waals surface area contributed by atoms with Gasteiger partial charge in [-0.25, -0.2) is 0 Å². The molecule has 0 fully saturated rings. The van der Waals surface area contributed by atoms with Crippen LogP contribution in [0, 0.1) is 29.6 Å². The highest BCUT2D eigenvalue weighted by Crippen LogP contribution is 2.05. The minimum Gasteiger partial charge on any atom is -0.452 e. The Labute approximate surface area is 88.0 Å². The second-order valence-electron chi connectivity index (χ2n) is 2.74. The van der Waals surface area contributed by atoms with Crippen LogP contribution in [0.2, 0.25) is 0 Å². The molecule has 0 saturated carbocycles. The Morgan fingerprint density at radius 2 is 2.07 bits per heavy atom. The zero-order chi connectivity index (χ0) is 11.7. The van der Waals surface area contributed by atoms with E-state index in [0.717, 1.165) is 0 Å². The fourth-order valence-corrected chi connectivity index (χ4v) is 0.760. The molecule has 1 unspecified atom stereocenters. The molecule has 15 heavy (non-hydrogen) atoms. The first-order valence-corrected chi connectivity index (χ1v) is 4.24. The van der Waals surface area contributed by atoms with Gasteiger partial charge in [-0.1, -0.05) is 12.8 Å². The van der Waals surface area contributed by atoms with E-state index in [1.807, 2.05) is 0 Å². The lowest BCUT2D eigenvalue weighted by molar-refractivity contribution is -0.153. The SMILES string of the molecule is C#CCOC(=O)CC(C)C(=O)OCC#N.